The van der Waals surface area contributed by atoms with E-state index in [1.54, 1.807) is 13.0 Å². The van der Waals surface area contributed by atoms with E-state index in [2.05, 4.69) is 34.5 Å². The Hall–Kier alpha value is -2.66. The van der Waals surface area contributed by atoms with Crippen molar-refractivity contribution in [2.45, 2.75) is 44.4 Å². The maximum absolute atomic E-state index is 13.0. The molecule has 5 heteroatoms. The third-order valence-electron chi connectivity index (χ3n) is 5.65. The van der Waals surface area contributed by atoms with E-state index in [9.17, 15) is 9.59 Å². The summed E-state index contributed by atoms with van der Waals surface area (Å²) in [5.74, 6) is -0.629. The summed E-state index contributed by atoms with van der Waals surface area (Å²) < 4.78 is 5.56. The molecule has 1 amide bonds. The van der Waals surface area contributed by atoms with Gasteiger partial charge < -0.3 is 10.1 Å². The number of hydrogen-bond donors (Lipinski definition) is 1. The average molecular weight is 378 g/mol. The largest absolute Gasteiger partial charge is 0.445 e. The first-order chi connectivity index (χ1) is 13.5. The van der Waals surface area contributed by atoms with Gasteiger partial charge in [-0.25, -0.2) is 4.79 Å². The monoisotopic (exact) mass is 378 g/mol. The van der Waals surface area contributed by atoms with Crippen molar-refractivity contribution in [1.82, 2.24) is 10.2 Å². The Morgan fingerprint density at radius 3 is 2.75 bits per heavy atom. The molecule has 2 unspecified atom stereocenters. The SMILES string of the molecule is CC1(C(=O)NC2CCCN(Cc3ccccc3)C2)Cc2ccccc2C(=O)O1. The zero-order valence-electron chi connectivity index (χ0n) is 16.2. The van der Waals surface area contributed by atoms with Crippen molar-refractivity contribution < 1.29 is 14.3 Å². The first-order valence-corrected chi connectivity index (χ1v) is 9.92. The Morgan fingerprint density at radius 1 is 1.18 bits per heavy atom. The highest BCUT2D eigenvalue weighted by Gasteiger charge is 2.43. The number of esters is 1. The van der Waals surface area contributed by atoms with Crippen LogP contribution >= 0.6 is 0 Å². The molecule has 1 N–H and O–H groups in total. The minimum absolute atomic E-state index is 0.0673. The zero-order valence-corrected chi connectivity index (χ0v) is 16.2. The third-order valence-corrected chi connectivity index (χ3v) is 5.65. The number of carbonyl (C=O) groups excluding carboxylic acids is 2. The van der Waals surface area contributed by atoms with E-state index in [0.717, 1.165) is 38.0 Å². The molecule has 2 aromatic rings. The smallest absolute Gasteiger partial charge is 0.339 e. The van der Waals surface area contributed by atoms with Gasteiger partial charge in [0.1, 0.15) is 0 Å². The van der Waals surface area contributed by atoms with Crippen molar-refractivity contribution in [2.24, 2.45) is 0 Å². The number of hydrogen-bond acceptors (Lipinski definition) is 4. The van der Waals surface area contributed by atoms with Gasteiger partial charge in [-0.1, -0.05) is 48.5 Å². The van der Waals surface area contributed by atoms with E-state index >= 15 is 0 Å². The van der Waals surface area contributed by atoms with E-state index in [1.807, 2.05) is 24.3 Å². The Balaban J connectivity index is 1.40. The summed E-state index contributed by atoms with van der Waals surface area (Å²) in [7, 11) is 0. The first-order valence-electron chi connectivity index (χ1n) is 9.92. The predicted molar refractivity (Wildman–Crippen MR) is 107 cm³/mol. The summed E-state index contributed by atoms with van der Waals surface area (Å²) in [5.41, 5.74) is 1.54. The van der Waals surface area contributed by atoms with E-state index in [1.165, 1.54) is 5.56 Å². The Kier molecular flexibility index (Phi) is 5.18. The lowest BCUT2D eigenvalue weighted by molar-refractivity contribution is -0.141. The second kappa shape index (κ2) is 7.76. The van der Waals surface area contributed by atoms with Crippen LogP contribution in [0.4, 0.5) is 0 Å². The molecule has 2 aromatic carbocycles. The number of likely N-dealkylation sites (tertiary alicyclic amines) is 1. The Bertz CT molecular complexity index is 867. The van der Waals surface area contributed by atoms with Gasteiger partial charge in [0.05, 0.1) is 5.56 Å². The number of rotatable bonds is 4. The summed E-state index contributed by atoms with van der Waals surface area (Å²) in [4.78, 5) is 27.7. The molecule has 0 aliphatic carbocycles. The van der Waals surface area contributed by atoms with Crippen LogP contribution < -0.4 is 5.32 Å². The van der Waals surface area contributed by atoms with Gasteiger partial charge in [0.15, 0.2) is 5.60 Å². The predicted octanol–water partition coefficient (Wildman–Crippen LogP) is 2.94. The number of ether oxygens (including phenoxy) is 1. The lowest BCUT2D eigenvalue weighted by Crippen LogP contribution is -2.56. The van der Waals surface area contributed by atoms with Crippen molar-refractivity contribution in [3.8, 4) is 0 Å². The van der Waals surface area contributed by atoms with Gasteiger partial charge >= 0.3 is 5.97 Å². The molecule has 28 heavy (non-hydrogen) atoms. The third kappa shape index (κ3) is 3.94. The van der Waals surface area contributed by atoms with E-state index in [4.69, 9.17) is 4.74 Å². The van der Waals surface area contributed by atoms with Gasteiger partial charge in [-0.15, -0.1) is 0 Å². The second-order valence-corrected chi connectivity index (χ2v) is 7.99. The molecule has 0 bridgehead atoms. The fourth-order valence-electron chi connectivity index (χ4n) is 4.16. The van der Waals surface area contributed by atoms with Crippen molar-refractivity contribution in [1.29, 1.82) is 0 Å². The van der Waals surface area contributed by atoms with Gasteiger partial charge in [-0.3, -0.25) is 9.69 Å². The fourth-order valence-corrected chi connectivity index (χ4v) is 4.16. The summed E-state index contributed by atoms with van der Waals surface area (Å²) in [6.07, 6.45) is 2.38. The van der Waals surface area contributed by atoms with Crippen LogP contribution in [0.15, 0.2) is 54.6 Å². The molecule has 2 heterocycles. The molecule has 5 nitrogen and oxygen atoms in total. The van der Waals surface area contributed by atoms with E-state index < -0.39 is 11.6 Å². The van der Waals surface area contributed by atoms with Gasteiger partial charge in [0.2, 0.25) is 0 Å². The molecule has 0 radical (unpaired) electrons. The number of benzene rings is 2. The molecule has 2 atom stereocenters. The number of cyclic esters (lactones) is 1. The summed E-state index contributed by atoms with van der Waals surface area (Å²) in [5, 5.41) is 3.14. The molecule has 0 saturated carbocycles. The molecular weight excluding hydrogens is 352 g/mol. The molecular formula is C23H26N2O3. The average Bonchev–Trinajstić information content (AvgIpc) is 2.69. The lowest BCUT2D eigenvalue weighted by atomic mass is 9.89. The van der Waals surface area contributed by atoms with Gasteiger partial charge in [0.25, 0.3) is 5.91 Å². The maximum Gasteiger partial charge on any atom is 0.339 e. The maximum atomic E-state index is 13.0. The minimum atomic E-state index is -1.16. The number of carbonyl (C=O) groups is 2. The van der Waals surface area contributed by atoms with Crippen LogP contribution in [0.25, 0.3) is 0 Å². The highest BCUT2D eigenvalue weighted by atomic mass is 16.6. The van der Waals surface area contributed by atoms with Gasteiger partial charge in [-0.2, -0.15) is 0 Å². The topological polar surface area (TPSA) is 58.6 Å². The van der Waals surface area contributed by atoms with Crippen molar-refractivity contribution in [3.63, 3.8) is 0 Å². The van der Waals surface area contributed by atoms with Crippen LogP contribution in [-0.4, -0.2) is 41.5 Å². The minimum Gasteiger partial charge on any atom is -0.445 e. The first kappa shape index (κ1) is 18.7. The summed E-state index contributed by atoms with van der Waals surface area (Å²) >= 11 is 0. The highest BCUT2D eigenvalue weighted by molar-refractivity contribution is 5.97. The van der Waals surface area contributed by atoms with Crippen LogP contribution in [-0.2, 0) is 22.5 Å². The lowest BCUT2D eigenvalue weighted by Gasteiger charge is -2.37. The highest BCUT2D eigenvalue weighted by Crippen LogP contribution is 2.28. The van der Waals surface area contributed by atoms with Crippen molar-refractivity contribution in [3.05, 3.63) is 71.3 Å². The number of piperidine rings is 1. The van der Waals surface area contributed by atoms with E-state index in [-0.39, 0.29) is 11.9 Å². The normalized spacial score (nSPS) is 24.9. The van der Waals surface area contributed by atoms with Crippen LogP contribution in [0.1, 0.15) is 41.3 Å². The number of fused-ring (bicyclic) bond motifs is 1. The molecule has 0 spiro atoms. The van der Waals surface area contributed by atoms with Crippen LogP contribution in [0.2, 0.25) is 0 Å². The molecule has 1 fully saturated rings. The second-order valence-electron chi connectivity index (χ2n) is 7.99. The standard InChI is InChI=1S/C23H26N2O3/c1-23(14-18-10-5-6-12-20(18)21(26)28-23)22(27)24-19-11-7-13-25(16-19)15-17-8-3-2-4-9-17/h2-6,8-10,12,19H,7,11,13-16H2,1H3,(H,24,27). The molecule has 0 aromatic heterocycles. The molecule has 2 aliphatic rings. The number of nitrogens with one attached hydrogen (secondary N) is 1. The quantitative estimate of drug-likeness (QED) is 0.831. The van der Waals surface area contributed by atoms with Crippen LogP contribution in [0.3, 0.4) is 0 Å². The Labute approximate surface area is 165 Å². The molecule has 1 saturated heterocycles. The van der Waals surface area contributed by atoms with Crippen LogP contribution in [0.5, 0.6) is 0 Å². The molecule has 4 rings (SSSR count). The molecule has 2 aliphatic heterocycles. The number of nitrogens with zero attached hydrogens (tertiary/aromatic N) is 1. The van der Waals surface area contributed by atoms with Crippen LogP contribution in [0, 0.1) is 0 Å². The Morgan fingerprint density at radius 2 is 1.93 bits per heavy atom. The van der Waals surface area contributed by atoms with Gasteiger partial charge in [-0.05, 0) is 43.5 Å². The van der Waals surface area contributed by atoms with E-state index in [0.29, 0.717) is 12.0 Å². The zero-order chi connectivity index (χ0) is 19.6. The summed E-state index contributed by atoms with van der Waals surface area (Å²) in [6, 6.07) is 17.8. The van der Waals surface area contributed by atoms with Crippen molar-refractivity contribution in [2.75, 3.05) is 13.1 Å². The summed E-state index contributed by atoms with van der Waals surface area (Å²) in [6.45, 7) is 4.43. The van der Waals surface area contributed by atoms with Crippen molar-refractivity contribution >= 4 is 11.9 Å². The molecule has 146 valence electrons. The number of amides is 1. The fraction of sp³-hybridized carbons (Fsp3) is 0.391. The van der Waals surface area contributed by atoms with Gasteiger partial charge in [0, 0.05) is 25.6 Å².